The highest BCUT2D eigenvalue weighted by Crippen LogP contribution is 2.41. The van der Waals surface area contributed by atoms with Crippen LogP contribution in [-0.2, 0) is 10.9 Å². The lowest BCUT2D eigenvalue weighted by molar-refractivity contribution is -0.137. The molecule has 32 heavy (non-hydrogen) atoms. The van der Waals surface area contributed by atoms with Crippen molar-refractivity contribution >= 4 is 16.6 Å². The van der Waals surface area contributed by atoms with Gasteiger partial charge in [-0.25, -0.2) is 0 Å². The highest BCUT2D eigenvalue weighted by atomic mass is 19.4. The molecule has 2 aromatic carbocycles. The summed E-state index contributed by atoms with van der Waals surface area (Å²) in [6, 6.07) is 11.6. The van der Waals surface area contributed by atoms with Crippen LogP contribution in [0.25, 0.3) is 10.9 Å². The van der Waals surface area contributed by atoms with Gasteiger partial charge in [0.25, 0.3) is 0 Å². The molecule has 2 fully saturated rings. The summed E-state index contributed by atoms with van der Waals surface area (Å²) in [5.74, 6) is 1.70. The average Bonchev–Trinajstić information content (AvgIpc) is 3.17. The van der Waals surface area contributed by atoms with Gasteiger partial charge in [-0.2, -0.15) is 13.2 Å². The molecule has 0 unspecified atom stereocenters. The minimum Gasteiger partial charge on any atom is -0.490 e. The van der Waals surface area contributed by atoms with Crippen LogP contribution < -0.4 is 10.1 Å². The van der Waals surface area contributed by atoms with Gasteiger partial charge in [-0.1, -0.05) is 12.1 Å². The Balaban J connectivity index is 1.18. The Hall–Kier alpha value is -2.67. The van der Waals surface area contributed by atoms with E-state index < -0.39 is 11.7 Å². The van der Waals surface area contributed by atoms with Crippen LogP contribution in [0.15, 0.2) is 48.7 Å². The van der Waals surface area contributed by atoms with Gasteiger partial charge < -0.3 is 19.8 Å². The lowest BCUT2D eigenvalue weighted by atomic mass is 9.77. The molecular weight excluding hydrogens is 417 g/mol. The van der Waals surface area contributed by atoms with Gasteiger partial charge in [-0.05, 0) is 73.4 Å². The number of fused-ring (bicyclic) bond motifs is 1. The van der Waals surface area contributed by atoms with Gasteiger partial charge in [0.1, 0.15) is 5.75 Å². The summed E-state index contributed by atoms with van der Waals surface area (Å²) >= 11 is 0. The van der Waals surface area contributed by atoms with Crippen LogP contribution in [0.5, 0.6) is 5.75 Å². The number of nitrogens with one attached hydrogen (secondary N) is 2. The van der Waals surface area contributed by atoms with Crippen molar-refractivity contribution in [2.45, 2.75) is 43.9 Å². The molecule has 7 heteroatoms. The number of rotatable bonds is 6. The van der Waals surface area contributed by atoms with Crippen LogP contribution in [0.1, 0.15) is 42.7 Å². The zero-order valence-electron chi connectivity index (χ0n) is 17.8. The van der Waals surface area contributed by atoms with Gasteiger partial charge in [0, 0.05) is 36.9 Å². The summed E-state index contributed by atoms with van der Waals surface area (Å²) in [6.07, 6.45) is 1.59. The Bertz CT molecular complexity index is 1050. The molecule has 1 aliphatic heterocycles. The van der Waals surface area contributed by atoms with Crippen LogP contribution in [0.3, 0.4) is 0 Å². The van der Waals surface area contributed by atoms with Crippen molar-refractivity contribution < 1.29 is 22.6 Å². The second-order valence-electron chi connectivity index (χ2n) is 8.87. The second-order valence-corrected chi connectivity index (χ2v) is 8.87. The minimum absolute atomic E-state index is 0.0809. The molecule has 1 saturated carbocycles. The van der Waals surface area contributed by atoms with Gasteiger partial charge in [-0.15, -0.1) is 0 Å². The first kappa shape index (κ1) is 21.2. The monoisotopic (exact) mass is 444 g/mol. The van der Waals surface area contributed by atoms with Crippen LogP contribution >= 0.6 is 0 Å². The largest absolute Gasteiger partial charge is 0.490 e. The van der Waals surface area contributed by atoms with Crippen molar-refractivity contribution in [1.29, 1.82) is 0 Å². The molecule has 1 aliphatic carbocycles. The summed E-state index contributed by atoms with van der Waals surface area (Å²) < 4.78 is 49.8. The average molecular weight is 444 g/mol. The zero-order chi connectivity index (χ0) is 22.1. The maximum Gasteiger partial charge on any atom is 0.416 e. The number of hydrogen-bond acceptors (Lipinski definition) is 3. The molecule has 1 saturated heterocycles. The van der Waals surface area contributed by atoms with E-state index in [2.05, 4.69) is 16.4 Å². The Morgan fingerprint density at radius 3 is 2.50 bits per heavy atom. The number of aromatic nitrogens is 1. The number of benzene rings is 2. The lowest BCUT2D eigenvalue weighted by Crippen LogP contribution is -2.32. The number of ether oxygens (including phenoxy) is 2. The van der Waals surface area contributed by atoms with Gasteiger partial charge in [0.15, 0.2) is 0 Å². The molecule has 2 N–H and O–H groups in total. The van der Waals surface area contributed by atoms with E-state index in [0.29, 0.717) is 5.92 Å². The fourth-order valence-corrected chi connectivity index (χ4v) is 4.59. The number of hydrogen-bond donors (Lipinski definition) is 2. The van der Waals surface area contributed by atoms with Gasteiger partial charge >= 0.3 is 6.18 Å². The molecule has 0 radical (unpaired) electrons. The zero-order valence-corrected chi connectivity index (χ0v) is 17.8. The highest BCUT2D eigenvalue weighted by Gasteiger charge is 2.34. The Labute approximate surface area is 185 Å². The standard InChI is InChI=1S/C25H27F3N2O2/c26-25(27,28)19-3-1-17(2-4-19)18-11-21(12-18)32-20-5-6-23-22(13-20)24(15-30-23)29-14-16-7-9-31-10-8-16/h1-6,13,15-16,18,21,29-30H,7-12,14H2/t18-,21-. The number of H-pyrrole nitrogens is 1. The third-order valence-electron chi connectivity index (χ3n) is 6.68. The van der Waals surface area contributed by atoms with Crippen LogP contribution in [0.2, 0.25) is 0 Å². The molecular formula is C25H27F3N2O2. The normalized spacial score (nSPS) is 22.0. The molecule has 2 heterocycles. The predicted octanol–water partition coefficient (Wildman–Crippen LogP) is 6.35. The molecule has 2 aliphatic rings. The fraction of sp³-hybridized carbons (Fsp3) is 0.440. The van der Waals surface area contributed by atoms with Gasteiger partial charge in [0.05, 0.1) is 17.4 Å². The van der Waals surface area contributed by atoms with Crippen molar-refractivity contribution in [3.63, 3.8) is 0 Å². The minimum atomic E-state index is -4.29. The van der Waals surface area contributed by atoms with Crippen molar-refractivity contribution in [3.05, 3.63) is 59.8 Å². The number of anilines is 1. The van der Waals surface area contributed by atoms with E-state index in [0.717, 1.165) is 85.5 Å². The lowest BCUT2D eigenvalue weighted by Gasteiger charge is -2.35. The SMILES string of the molecule is FC(F)(F)c1ccc([C@H]2C[C@H](Oc3ccc4[nH]cc(NCC5CCOCC5)c4c3)C2)cc1. The molecule has 0 atom stereocenters. The van der Waals surface area contributed by atoms with E-state index in [1.807, 2.05) is 18.3 Å². The van der Waals surface area contributed by atoms with E-state index >= 15 is 0 Å². The van der Waals surface area contributed by atoms with E-state index in [1.165, 1.54) is 0 Å². The summed E-state index contributed by atoms with van der Waals surface area (Å²) in [6.45, 7) is 2.61. The summed E-state index contributed by atoms with van der Waals surface area (Å²) in [5, 5.41) is 4.67. The van der Waals surface area contributed by atoms with E-state index in [4.69, 9.17) is 9.47 Å². The Kier molecular flexibility index (Phi) is 5.76. The summed E-state index contributed by atoms with van der Waals surface area (Å²) in [5.41, 5.74) is 2.48. The van der Waals surface area contributed by atoms with E-state index in [-0.39, 0.29) is 12.0 Å². The van der Waals surface area contributed by atoms with Crippen molar-refractivity contribution in [3.8, 4) is 5.75 Å². The Morgan fingerprint density at radius 2 is 1.78 bits per heavy atom. The number of alkyl halides is 3. The van der Waals surface area contributed by atoms with E-state index in [1.54, 1.807) is 12.1 Å². The fourth-order valence-electron chi connectivity index (χ4n) is 4.59. The third-order valence-corrected chi connectivity index (χ3v) is 6.68. The van der Waals surface area contributed by atoms with Crippen LogP contribution in [-0.4, -0.2) is 30.8 Å². The van der Waals surface area contributed by atoms with E-state index in [9.17, 15) is 13.2 Å². The van der Waals surface area contributed by atoms with Crippen molar-refractivity contribution in [1.82, 2.24) is 4.98 Å². The predicted molar refractivity (Wildman–Crippen MR) is 118 cm³/mol. The molecule has 0 spiro atoms. The molecule has 0 amide bonds. The maximum atomic E-state index is 12.7. The second kappa shape index (κ2) is 8.70. The van der Waals surface area contributed by atoms with Crippen LogP contribution in [0, 0.1) is 5.92 Å². The maximum absolute atomic E-state index is 12.7. The molecule has 0 bridgehead atoms. The molecule has 170 valence electrons. The van der Waals surface area contributed by atoms with Crippen molar-refractivity contribution in [2.24, 2.45) is 5.92 Å². The first-order chi connectivity index (χ1) is 15.5. The quantitative estimate of drug-likeness (QED) is 0.466. The number of halogens is 3. The Morgan fingerprint density at radius 1 is 1.03 bits per heavy atom. The van der Waals surface area contributed by atoms with Crippen molar-refractivity contribution in [2.75, 3.05) is 25.1 Å². The molecule has 4 nitrogen and oxygen atoms in total. The first-order valence-corrected chi connectivity index (χ1v) is 11.2. The van der Waals surface area contributed by atoms with Gasteiger partial charge in [-0.3, -0.25) is 0 Å². The number of aromatic amines is 1. The molecule has 3 aromatic rings. The smallest absolute Gasteiger partial charge is 0.416 e. The molecule has 1 aromatic heterocycles. The first-order valence-electron chi connectivity index (χ1n) is 11.2. The highest BCUT2D eigenvalue weighted by molar-refractivity contribution is 5.93. The third kappa shape index (κ3) is 4.58. The summed E-state index contributed by atoms with van der Waals surface area (Å²) in [4.78, 5) is 3.31. The van der Waals surface area contributed by atoms with Gasteiger partial charge in [0.2, 0.25) is 0 Å². The molecule has 5 rings (SSSR count). The van der Waals surface area contributed by atoms with Crippen LogP contribution in [0.4, 0.5) is 18.9 Å². The topological polar surface area (TPSA) is 46.3 Å². The summed E-state index contributed by atoms with van der Waals surface area (Å²) in [7, 11) is 0.